The molecule has 0 spiro atoms. The Bertz CT molecular complexity index is 743. The molecule has 0 aliphatic carbocycles. The summed E-state index contributed by atoms with van der Waals surface area (Å²) in [7, 11) is 1.90. The number of aryl methyl sites for hydroxylation is 1. The Kier molecular flexibility index (Phi) is 5.93. The van der Waals surface area contributed by atoms with E-state index in [0.29, 0.717) is 6.61 Å². The number of hydrogen-bond acceptors (Lipinski definition) is 4. The van der Waals surface area contributed by atoms with Crippen LogP contribution in [0.25, 0.3) is 11.1 Å². The maximum absolute atomic E-state index is 12.5. The summed E-state index contributed by atoms with van der Waals surface area (Å²) >= 11 is 0. The summed E-state index contributed by atoms with van der Waals surface area (Å²) in [5.74, 6) is 0.949. The second kappa shape index (κ2) is 8.36. The summed E-state index contributed by atoms with van der Waals surface area (Å²) in [4.78, 5) is 12.5. The van der Waals surface area contributed by atoms with Crippen LogP contribution in [0, 0.1) is 5.92 Å². The van der Waals surface area contributed by atoms with Crippen molar-refractivity contribution in [2.45, 2.75) is 38.8 Å². The van der Waals surface area contributed by atoms with Gasteiger partial charge in [-0.05, 0) is 50.9 Å². The molecule has 140 valence electrons. The van der Waals surface area contributed by atoms with Gasteiger partial charge >= 0.3 is 0 Å². The molecule has 2 aromatic rings. The number of benzene rings is 1. The molecule has 0 bridgehead atoms. The van der Waals surface area contributed by atoms with Gasteiger partial charge in [0.05, 0.1) is 18.2 Å². The van der Waals surface area contributed by atoms with Crippen LogP contribution in [0.4, 0.5) is 0 Å². The van der Waals surface area contributed by atoms with Crippen molar-refractivity contribution in [2.75, 3.05) is 13.2 Å². The molecule has 2 N–H and O–H groups in total. The molecule has 0 radical (unpaired) electrons. The number of rotatable bonds is 6. The predicted octanol–water partition coefficient (Wildman–Crippen LogP) is 2.36. The Labute approximate surface area is 154 Å². The number of ether oxygens (including phenoxy) is 1. The van der Waals surface area contributed by atoms with Crippen LogP contribution in [0.3, 0.4) is 0 Å². The number of amides is 1. The van der Waals surface area contributed by atoms with Crippen LogP contribution in [-0.2, 0) is 11.8 Å². The van der Waals surface area contributed by atoms with Crippen molar-refractivity contribution < 1.29 is 9.53 Å². The minimum absolute atomic E-state index is 0.0418. The van der Waals surface area contributed by atoms with Gasteiger partial charge in [0, 0.05) is 24.8 Å². The van der Waals surface area contributed by atoms with E-state index in [9.17, 15) is 4.79 Å². The van der Waals surface area contributed by atoms with Gasteiger partial charge in [-0.2, -0.15) is 5.10 Å². The topological polar surface area (TPSA) is 68.2 Å². The first-order valence-corrected chi connectivity index (χ1v) is 9.28. The Balaban J connectivity index is 1.53. The first-order chi connectivity index (χ1) is 12.5. The summed E-state index contributed by atoms with van der Waals surface area (Å²) in [6.45, 7) is 5.49. The number of carbonyl (C=O) groups excluding carboxylic acids is 1. The fourth-order valence-electron chi connectivity index (χ4n) is 3.35. The number of hydrogen-bond donors (Lipinski definition) is 2. The lowest BCUT2D eigenvalue weighted by Crippen LogP contribution is -2.49. The van der Waals surface area contributed by atoms with Gasteiger partial charge in [0.25, 0.3) is 0 Å². The average molecular weight is 356 g/mol. The quantitative estimate of drug-likeness (QED) is 0.834. The SMILES string of the molecule is C[C@H](COc1cccc(-c2cnn(C)c2)c1)NC(=O)[C@H]1CCCN[C@H]1C. The van der Waals surface area contributed by atoms with Crippen LogP contribution in [0.2, 0.25) is 0 Å². The largest absolute Gasteiger partial charge is 0.491 e. The maximum atomic E-state index is 12.5. The number of nitrogens with zero attached hydrogens (tertiary/aromatic N) is 2. The molecular formula is C20H28N4O2. The minimum atomic E-state index is -0.0429. The lowest BCUT2D eigenvalue weighted by molar-refractivity contribution is -0.127. The van der Waals surface area contributed by atoms with Gasteiger partial charge in [-0.25, -0.2) is 0 Å². The molecule has 1 saturated heterocycles. The molecule has 1 aromatic heterocycles. The molecule has 6 heteroatoms. The molecule has 1 aromatic carbocycles. The zero-order valence-electron chi connectivity index (χ0n) is 15.7. The van der Waals surface area contributed by atoms with Crippen LogP contribution in [-0.4, -0.2) is 40.9 Å². The summed E-state index contributed by atoms with van der Waals surface area (Å²) < 4.78 is 7.67. The van der Waals surface area contributed by atoms with Crippen LogP contribution in [0.1, 0.15) is 26.7 Å². The molecule has 6 nitrogen and oxygen atoms in total. The molecular weight excluding hydrogens is 328 g/mol. The van der Waals surface area contributed by atoms with E-state index in [-0.39, 0.29) is 23.9 Å². The normalized spacial score (nSPS) is 21.2. The second-order valence-corrected chi connectivity index (χ2v) is 7.14. The highest BCUT2D eigenvalue weighted by Gasteiger charge is 2.28. The van der Waals surface area contributed by atoms with E-state index in [1.165, 1.54) is 0 Å². The van der Waals surface area contributed by atoms with Crippen molar-refractivity contribution in [3.8, 4) is 16.9 Å². The van der Waals surface area contributed by atoms with E-state index in [0.717, 1.165) is 36.3 Å². The Hall–Kier alpha value is -2.34. The van der Waals surface area contributed by atoms with Crippen LogP contribution in [0.5, 0.6) is 5.75 Å². The predicted molar refractivity (Wildman–Crippen MR) is 102 cm³/mol. The van der Waals surface area contributed by atoms with Crippen molar-refractivity contribution in [1.29, 1.82) is 0 Å². The van der Waals surface area contributed by atoms with Crippen molar-refractivity contribution >= 4 is 5.91 Å². The second-order valence-electron chi connectivity index (χ2n) is 7.14. The minimum Gasteiger partial charge on any atom is -0.491 e. The number of piperidine rings is 1. The van der Waals surface area contributed by atoms with Crippen molar-refractivity contribution in [3.63, 3.8) is 0 Å². The summed E-state index contributed by atoms with van der Waals surface area (Å²) in [5.41, 5.74) is 2.12. The van der Waals surface area contributed by atoms with Gasteiger partial charge in [0.1, 0.15) is 12.4 Å². The smallest absolute Gasteiger partial charge is 0.224 e. The van der Waals surface area contributed by atoms with E-state index < -0.39 is 0 Å². The fraction of sp³-hybridized carbons (Fsp3) is 0.500. The van der Waals surface area contributed by atoms with Gasteiger partial charge in [-0.15, -0.1) is 0 Å². The molecule has 3 atom stereocenters. The van der Waals surface area contributed by atoms with Crippen molar-refractivity contribution in [3.05, 3.63) is 36.7 Å². The Morgan fingerprint density at radius 1 is 1.46 bits per heavy atom. The maximum Gasteiger partial charge on any atom is 0.224 e. The third-order valence-corrected chi connectivity index (χ3v) is 4.86. The summed E-state index contributed by atoms with van der Waals surface area (Å²) in [5, 5.41) is 10.7. The average Bonchev–Trinajstić information content (AvgIpc) is 3.07. The zero-order valence-corrected chi connectivity index (χ0v) is 15.7. The van der Waals surface area contributed by atoms with E-state index in [2.05, 4.69) is 22.7 Å². The molecule has 0 saturated carbocycles. The van der Waals surface area contributed by atoms with Gasteiger partial charge in [0.15, 0.2) is 0 Å². The molecule has 1 aliphatic rings. The Morgan fingerprint density at radius 3 is 3.04 bits per heavy atom. The zero-order chi connectivity index (χ0) is 18.5. The van der Waals surface area contributed by atoms with Crippen molar-refractivity contribution in [2.24, 2.45) is 13.0 Å². The van der Waals surface area contributed by atoms with Crippen LogP contribution < -0.4 is 15.4 Å². The highest BCUT2D eigenvalue weighted by molar-refractivity contribution is 5.79. The number of nitrogens with one attached hydrogen (secondary N) is 2. The molecule has 3 rings (SSSR count). The van der Waals surface area contributed by atoms with E-state index in [1.54, 1.807) is 4.68 Å². The third kappa shape index (κ3) is 4.64. The standard InChI is InChI=1S/C20H28N4O2/c1-14(23-20(25)19-8-5-9-21-15(19)2)13-26-18-7-4-6-16(10-18)17-11-22-24(3)12-17/h4,6-7,10-12,14-15,19,21H,5,8-9,13H2,1-3H3,(H,23,25)/t14-,15+,19+/m1/s1. The first-order valence-electron chi connectivity index (χ1n) is 9.28. The van der Waals surface area contributed by atoms with E-state index >= 15 is 0 Å². The third-order valence-electron chi connectivity index (χ3n) is 4.86. The lowest BCUT2D eigenvalue weighted by Gasteiger charge is -2.30. The van der Waals surface area contributed by atoms with E-state index in [4.69, 9.17) is 4.74 Å². The monoisotopic (exact) mass is 356 g/mol. The molecule has 0 unspecified atom stereocenters. The van der Waals surface area contributed by atoms with Crippen LogP contribution in [0.15, 0.2) is 36.7 Å². The molecule has 26 heavy (non-hydrogen) atoms. The first kappa shape index (κ1) is 18.5. The lowest BCUT2D eigenvalue weighted by atomic mass is 9.91. The van der Waals surface area contributed by atoms with Gasteiger partial charge in [0.2, 0.25) is 5.91 Å². The Morgan fingerprint density at radius 2 is 2.31 bits per heavy atom. The molecule has 1 amide bonds. The van der Waals surface area contributed by atoms with E-state index in [1.807, 2.05) is 50.6 Å². The van der Waals surface area contributed by atoms with Gasteiger partial charge < -0.3 is 15.4 Å². The molecule has 1 fully saturated rings. The number of carbonyl (C=O) groups is 1. The van der Waals surface area contributed by atoms with Crippen LogP contribution >= 0.6 is 0 Å². The summed E-state index contributed by atoms with van der Waals surface area (Å²) in [6, 6.07) is 8.12. The summed E-state index contributed by atoms with van der Waals surface area (Å²) in [6.07, 6.45) is 5.80. The number of aromatic nitrogens is 2. The van der Waals surface area contributed by atoms with Crippen molar-refractivity contribution in [1.82, 2.24) is 20.4 Å². The van der Waals surface area contributed by atoms with Gasteiger partial charge in [-0.1, -0.05) is 12.1 Å². The highest BCUT2D eigenvalue weighted by Crippen LogP contribution is 2.23. The highest BCUT2D eigenvalue weighted by atomic mass is 16.5. The fourth-order valence-corrected chi connectivity index (χ4v) is 3.35. The molecule has 2 heterocycles. The molecule has 1 aliphatic heterocycles. The van der Waals surface area contributed by atoms with Gasteiger partial charge in [-0.3, -0.25) is 9.48 Å².